The van der Waals surface area contributed by atoms with Crippen molar-refractivity contribution in [2.45, 2.75) is 3.92 Å². The second-order valence-corrected chi connectivity index (χ2v) is 6.09. The molecule has 0 N–H and O–H groups in total. The summed E-state index contributed by atoms with van der Waals surface area (Å²) in [5.41, 5.74) is 3.32. The van der Waals surface area contributed by atoms with Gasteiger partial charge in [0.2, 0.25) is 0 Å². The second-order valence-electron chi connectivity index (χ2n) is 4.84. The zero-order valence-corrected chi connectivity index (χ0v) is 12.8. The molecule has 0 fully saturated rings. The lowest BCUT2D eigenvalue weighted by atomic mass is 9.98. The maximum Gasteiger partial charge on any atom is 0.175 e. The van der Waals surface area contributed by atoms with Crippen molar-refractivity contribution in [3.8, 4) is 22.5 Å². The van der Waals surface area contributed by atoms with Crippen molar-refractivity contribution in [3.63, 3.8) is 0 Å². The first-order chi connectivity index (χ1) is 10.2. The number of halogens is 3. The van der Waals surface area contributed by atoms with Crippen LogP contribution in [-0.2, 0) is 0 Å². The lowest BCUT2D eigenvalue weighted by Gasteiger charge is -2.14. The molecule has 0 aliphatic heterocycles. The Morgan fingerprint density at radius 2 is 1.81 bits per heavy atom. The molecule has 1 aliphatic rings. The summed E-state index contributed by atoms with van der Waals surface area (Å²) in [5.74, 6) is -1.24. The number of nitrogens with zero attached hydrogens (tertiary/aromatic N) is 1. The van der Waals surface area contributed by atoms with Crippen LogP contribution in [0.3, 0.4) is 0 Å². The summed E-state index contributed by atoms with van der Waals surface area (Å²) in [6.45, 7) is 0. The first-order valence-corrected chi connectivity index (χ1v) is 7.59. The first kappa shape index (κ1) is 12.9. The van der Waals surface area contributed by atoms with Gasteiger partial charge in [0, 0.05) is 11.1 Å². The monoisotopic (exact) mass is 395 g/mol. The molecule has 104 valence electrons. The van der Waals surface area contributed by atoms with Crippen LogP contribution in [0.1, 0.15) is 15.1 Å². The highest BCUT2D eigenvalue weighted by Crippen LogP contribution is 2.49. The lowest BCUT2D eigenvalue weighted by molar-refractivity contribution is 0.432. The highest BCUT2D eigenvalue weighted by Gasteiger charge is 2.31. The van der Waals surface area contributed by atoms with E-state index in [1.807, 2.05) is 24.3 Å². The molecule has 1 aromatic heterocycles. The molecular formula is C16H8F2INO. The SMILES string of the molecule is Fc1ccc2c(c1F)-c1cnoc1-c1ccccc1C2I. The summed E-state index contributed by atoms with van der Waals surface area (Å²) >= 11 is 2.24. The summed E-state index contributed by atoms with van der Waals surface area (Å²) in [6, 6.07) is 10.5. The smallest absolute Gasteiger partial charge is 0.175 e. The highest BCUT2D eigenvalue weighted by atomic mass is 127. The van der Waals surface area contributed by atoms with Gasteiger partial charge in [0.25, 0.3) is 0 Å². The molecule has 0 spiro atoms. The van der Waals surface area contributed by atoms with Gasteiger partial charge in [0.15, 0.2) is 17.4 Å². The van der Waals surface area contributed by atoms with Crippen molar-refractivity contribution in [3.05, 3.63) is 65.4 Å². The number of hydrogen-bond acceptors (Lipinski definition) is 2. The second kappa shape index (κ2) is 4.62. The van der Waals surface area contributed by atoms with E-state index in [-0.39, 0.29) is 9.49 Å². The van der Waals surface area contributed by atoms with Gasteiger partial charge in [-0.3, -0.25) is 0 Å². The van der Waals surface area contributed by atoms with Crippen LogP contribution in [0.15, 0.2) is 47.1 Å². The standard InChI is InChI=1S/C16H8F2INO/c17-12-6-5-10-13(14(12)18)11-7-20-21-16(11)9-4-2-1-3-8(9)15(10)19/h1-7,15H. The fourth-order valence-electron chi connectivity index (χ4n) is 2.75. The zero-order chi connectivity index (χ0) is 14.6. The first-order valence-electron chi connectivity index (χ1n) is 6.35. The van der Waals surface area contributed by atoms with Crippen molar-refractivity contribution < 1.29 is 13.3 Å². The Balaban J connectivity index is 2.17. The minimum absolute atomic E-state index is 0.0912. The van der Waals surface area contributed by atoms with Crippen molar-refractivity contribution in [2.24, 2.45) is 0 Å². The average molecular weight is 395 g/mol. The summed E-state index contributed by atoms with van der Waals surface area (Å²) in [6.07, 6.45) is 1.45. The maximum absolute atomic E-state index is 14.4. The Labute approximate surface area is 132 Å². The van der Waals surface area contributed by atoms with Crippen LogP contribution in [0.5, 0.6) is 0 Å². The van der Waals surface area contributed by atoms with Gasteiger partial charge in [-0.05, 0) is 17.2 Å². The number of alkyl halides is 1. The molecule has 0 radical (unpaired) electrons. The average Bonchev–Trinajstić information content (AvgIpc) is 2.94. The van der Waals surface area contributed by atoms with E-state index in [9.17, 15) is 8.78 Å². The molecular weight excluding hydrogens is 387 g/mol. The minimum Gasteiger partial charge on any atom is -0.356 e. The summed E-state index contributed by atoms with van der Waals surface area (Å²) in [7, 11) is 0. The quantitative estimate of drug-likeness (QED) is 0.390. The van der Waals surface area contributed by atoms with Gasteiger partial charge in [0.05, 0.1) is 15.7 Å². The summed E-state index contributed by atoms with van der Waals surface area (Å²) in [5, 5.41) is 3.77. The number of aromatic nitrogens is 1. The van der Waals surface area contributed by atoms with Crippen molar-refractivity contribution in [1.29, 1.82) is 0 Å². The Hall–Kier alpha value is -1.76. The van der Waals surface area contributed by atoms with Crippen LogP contribution in [0.2, 0.25) is 0 Å². The molecule has 1 heterocycles. The van der Waals surface area contributed by atoms with Crippen LogP contribution in [0.25, 0.3) is 22.5 Å². The number of fused-ring (bicyclic) bond motifs is 5. The van der Waals surface area contributed by atoms with Crippen LogP contribution in [0.4, 0.5) is 8.78 Å². The molecule has 5 heteroatoms. The third-order valence-corrected chi connectivity index (χ3v) is 5.06. The Morgan fingerprint density at radius 1 is 1.00 bits per heavy atom. The van der Waals surface area contributed by atoms with Crippen molar-refractivity contribution in [1.82, 2.24) is 5.16 Å². The molecule has 2 aromatic carbocycles. The predicted octanol–water partition coefficient (Wildman–Crippen LogP) is 5.12. The topological polar surface area (TPSA) is 26.0 Å². The molecule has 1 aliphatic carbocycles. The Bertz CT molecular complexity index is 859. The number of rotatable bonds is 0. The van der Waals surface area contributed by atoms with Gasteiger partial charge in [-0.1, -0.05) is 58.1 Å². The normalized spacial score (nSPS) is 15.9. The Kier molecular flexibility index (Phi) is 2.85. The van der Waals surface area contributed by atoms with E-state index in [4.69, 9.17) is 4.52 Å². The molecule has 0 saturated carbocycles. The van der Waals surface area contributed by atoms with E-state index < -0.39 is 11.6 Å². The molecule has 21 heavy (non-hydrogen) atoms. The summed E-state index contributed by atoms with van der Waals surface area (Å²) < 4.78 is 33.3. The van der Waals surface area contributed by atoms with Gasteiger partial charge in [-0.25, -0.2) is 8.78 Å². The molecule has 0 saturated heterocycles. The van der Waals surface area contributed by atoms with E-state index in [0.29, 0.717) is 11.3 Å². The van der Waals surface area contributed by atoms with Crippen molar-refractivity contribution in [2.75, 3.05) is 0 Å². The van der Waals surface area contributed by atoms with Gasteiger partial charge in [0.1, 0.15) is 0 Å². The van der Waals surface area contributed by atoms with E-state index in [1.165, 1.54) is 12.3 Å². The number of benzene rings is 2. The van der Waals surface area contributed by atoms with Gasteiger partial charge in [-0.15, -0.1) is 0 Å². The third-order valence-electron chi connectivity index (χ3n) is 3.72. The van der Waals surface area contributed by atoms with E-state index in [2.05, 4.69) is 27.7 Å². The van der Waals surface area contributed by atoms with Gasteiger partial charge < -0.3 is 4.52 Å². The molecule has 3 aromatic rings. The highest BCUT2D eigenvalue weighted by molar-refractivity contribution is 14.1. The largest absolute Gasteiger partial charge is 0.356 e. The third kappa shape index (κ3) is 1.76. The van der Waals surface area contributed by atoms with Gasteiger partial charge >= 0.3 is 0 Å². The maximum atomic E-state index is 14.4. The van der Waals surface area contributed by atoms with Crippen LogP contribution in [0, 0.1) is 11.6 Å². The van der Waals surface area contributed by atoms with E-state index >= 15 is 0 Å². The molecule has 1 atom stereocenters. The lowest BCUT2D eigenvalue weighted by Crippen LogP contribution is -1.98. The molecule has 0 amide bonds. The van der Waals surface area contributed by atoms with Crippen LogP contribution in [-0.4, -0.2) is 5.16 Å². The molecule has 2 nitrogen and oxygen atoms in total. The fraction of sp³-hybridized carbons (Fsp3) is 0.0625. The van der Waals surface area contributed by atoms with Crippen molar-refractivity contribution >= 4 is 22.6 Å². The molecule has 4 rings (SSSR count). The fourth-order valence-corrected chi connectivity index (χ4v) is 3.82. The van der Waals surface area contributed by atoms with Crippen LogP contribution >= 0.6 is 22.6 Å². The van der Waals surface area contributed by atoms with E-state index in [1.54, 1.807) is 6.07 Å². The molecule has 1 unspecified atom stereocenters. The predicted molar refractivity (Wildman–Crippen MR) is 83.2 cm³/mol. The van der Waals surface area contributed by atoms with E-state index in [0.717, 1.165) is 16.7 Å². The minimum atomic E-state index is -0.865. The Morgan fingerprint density at radius 3 is 2.67 bits per heavy atom. The number of hydrogen-bond donors (Lipinski definition) is 0. The van der Waals surface area contributed by atoms with Crippen LogP contribution < -0.4 is 0 Å². The summed E-state index contributed by atoms with van der Waals surface area (Å²) in [4.78, 5) is 0. The zero-order valence-electron chi connectivity index (χ0n) is 10.6. The van der Waals surface area contributed by atoms with Gasteiger partial charge in [-0.2, -0.15) is 0 Å². The molecule has 0 bridgehead atoms.